The van der Waals surface area contributed by atoms with Crippen molar-refractivity contribution in [2.45, 2.75) is 37.2 Å². The summed E-state index contributed by atoms with van der Waals surface area (Å²) in [5.41, 5.74) is 1.31. The van der Waals surface area contributed by atoms with Crippen molar-refractivity contribution in [2.75, 3.05) is 0 Å². The zero-order chi connectivity index (χ0) is 19.8. The predicted molar refractivity (Wildman–Crippen MR) is 99.1 cm³/mol. The molecular formula is C20H20FNO4S. The van der Waals surface area contributed by atoms with Gasteiger partial charge in [-0.05, 0) is 43.2 Å². The van der Waals surface area contributed by atoms with Crippen LogP contribution >= 0.6 is 0 Å². The summed E-state index contributed by atoms with van der Waals surface area (Å²) in [6.07, 6.45) is 1.89. The molecule has 7 heteroatoms. The lowest BCUT2D eigenvalue weighted by atomic mass is 10.0. The third-order valence-corrected chi connectivity index (χ3v) is 6.60. The molecule has 0 spiro atoms. The number of hydrogen-bond acceptors (Lipinski definition) is 3. The Labute approximate surface area is 157 Å². The monoisotopic (exact) mass is 389 g/mol. The number of halogens is 1. The second kappa shape index (κ2) is 7.25. The third kappa shape index (κ3) is 3.52. The van der Waals surface area contributed by atoms with E-state index in [1.165, 1.54) is 46.8 Å². The van der Waals surface area contributed by atoms with Crippen LogP contribution < -0.4 is 0 Å². The highest BCUT2D eigenvalue weighted by Crippen LogP contribution is 2.41. The fraction of sp³-hybridized carbons (Fsp3) is 0.250. The molecule has 2 aromatic carbocycles. The van der Waals surface area contributed by atoms with Crippen LogP contribution in [-0.2, 0) is 14.8 Å². The molecule has 1 aliphatic heterocycles. The molecule has 0 amide bonds. The zero-order valence-electron chi connectivity index (χ0n) is 15.0. The number of aryl methyl sites for hydroxylation is 1. The Morgan fingerprint density at radius 2 is 1.70 bits per heavy atom. The van der Waals surface area contributed by atoms with E-state index in [1.54, 1.807) is 19.1 Å². The Morgan fingerprint density at radius 1 is 1.11 bits per heavy atom. The topological polar surface area (TPSA) is 74.7 Å². The molecule has 0 fully saturated rings. The number of carboxylic acids is 1. The van der Waals surface area contributed by atoms with E-state index in [2.05, 4.69) is 0 Å². The van der Waals surface area contributed by atoms with Gasteiger partial charge in [0.15, 0.2) is 0 Å². The highest BCUT2D eigenvalue weighted by atomic mass is 32.2. The molecule has 5 nitrogen and oxygen atoms in total. The average Bonchev–Trinajstić information content (AvgIpc) is 3.03. The Balaban J connectivity index is 2.16. The zero-order valence-corrected chi connectivity index (χ0v) is 15.8. The van der Waals surface area contributed by atoms with Gasteiger partial charge in [-0.1, -0.05) is 42.8 Å². The van der Waals surface area contributed by atoms with Gasteiger partial charge in [0.1, 0.15) is 5.82 Å². The number of sulfonamides is 1. The number of aliphatic carboxylic acids is 1. The van der Waals surface area contributed by atoms with E-state index >= 15 is 0 Å². The maximum atomic E-state index is 13.4. The smallest absolute Gasteiger partial charge is 0.333 e. The van der Waals surface area contributed by atoms with Crippen LogP contribution in [0.3, 0.4) is 0 Å². The SMILES string of the molecule is CC[C@@H]1C=C(C(=O)O)[C@H](c2ccc(F)cc2)N1S(=O)(=O)c1ccc(C)cc1. The van der Waals surface area contributed by atoms with Gasteiger partial charge < -0.3 is 5.11 Å². The van der Waals surface area contributed by atoms with Gasteiger partial charge >= 0.3 is 5.97 Å². The number of hydrogen-bond donors (Lipinski definition) is 1. The number of carboxylic acid groups (broad SMARTS) is 1. The molecule has 0 aliphatic carbocycles. The van der Waals surface area contributed by atoms with Crippen molar-refractivity contribution in [1.29, 1.82) is 0 Å². The summed E-state index contributed by atoms with van der Waals surface area (Å²) < 4.78 is 41.3. The average molecular weight is 389 g/mol. The van der Waals surface area contributed by atoms with Crippen LogP contribution in [0.1, 0.15) is 30.5 Å². The summed E-state index contributed by atoms with van der Waals surface area (Å²) in [7, 11) is -3.97. The molecule has 142 valence electrons. The van der Waals surface area contributed by atoms with Crippen molar-refractivity contribution in [3.63, 3.8) is 0 Å². The van der Waals surface area contributed by atoms with E-state index in [9.17, 15) is 22.7 Å². The van der Waals surface area contributed by atoms with Gasteiger partial charge in [-0.15, -0.1) is 0 Å². The van der Waals surface area contributed by atoms with Gasteiger partial charge in [-0.2, -0.15) is 4.31 Å². The Morgan fingerprint density at radius 3 is 2.22 bits per heavy atom. The number of nitrogens with zero attached hydrogens (tertiary/aromatic N) is 1. The standard InChI is InChI=1S/C20H20FNO4S/c1-3-16-12-18(20(23)24)19(14-6-8-15(21)9-7-14)22(16)27(25,26)17-10-4-13(2)5-11-17/h4-12,16,19H,3H2,1-2H3,(H,23,24)/t16-,19+/m1/s1. The number of carbonyl (C=O) groups is 1. The van der Waals surface area contributed by atoms with E-state index in [0.717, 1.165) is 5.56 Å². The van der Waals surface area contributed by atoms with E-state index < -0.39 is 33.9 Å². The van der Waals surface area contributed by atoms with Crippen LogP contribution in [0.2, 0.25) is 0 Å². The summed E-state index contributed by atoms with van der Waals surface area (Å²) in [5.74, 6) is -1.66. The molecule has 1 heterocycles. The van der Waals surface area contributed by atoms with Crippen molar-refractivity contribution >= 4 is 16.0 Å². The molecular weight excluding hydrogens is 369 g/mol. The molecule has 0 unspecified atom stereocenters. The summed E-state index contributed by atoms with van der Waals surface area (Å²) in [6.45, 7) is 3.65. The van der Waals surface area contributed by atoms with E-state index in [0.29, 0.717) is 12.0 Å². The van der Waals surface area contributed by atoms with Crippen LogP contribution in [0.5, 0.6) is 0 Å². The second-order valence-corrected chi connectivity index (χ2v) is 8.35. The number of benzene rings is 2. The molecule has 0 bridgehead atoms. The largest absolute Gasteiger partial charge is 0.478 e. The molecule has 2 atom stereocenters. The minimum atomic E-state index is -3.97. The van der Waals surface area contributed by atoms with Crippen molar-refractivity contribution in [3.8, 4) is 0 Å². The van der Waals surface area contributed by atoms with E-state index in [4.69, 9.17) is 0 Å². The first-order valence-corrected chi connectivity index (χ1v) is 10.0. The molecule has 27 heavy (non-hydrogen) atoms. The van der Waals surface area contributed by atoms with Gasteiger partial charge in [0.25, 0.3) is 0 Å². The lowest BCUT2D eigenvalue weighted by Gasteiger charge is -2.30. The Hall–Kier alpha value is -2.51. The third-order valence-electron chi connectivity index (χ3n) is 4.70. The fourth-order valence-electron chi connectivity index (χ4n) is 3.31. The van der Waals surface area contributed by atoms with Gasteiger partial charge in [0, 0.05) is 6.04 Å². The van der Waals surface area contributed by atoms with E-state index in [1.807, 2.05) is 6.92 Å². The van der Waals surface area contributed by atoms with Gasteiger partial charge in [0.2, 0.25) is 10.0 Å². The summed E-state index contributed by atoms with van der Waals surface area (Å²) in [6, 6.07) is 10.0. The summed E-state index contributed by atoms with van der Waals surface area (Å²) >= 11 is 0. The fourth-order valence-corrected chi connectivity index (χ4v) is 5.11. The first-order chi connectivity index (χ1) is 12.8. The van der Waals surface area contributed by atoms with Crippen LogP contribution in [0, 0.1) is 12.7 Å². The van der Waals surface area contributed by atoms with Gasteiger partial charge in [0.05, 0.1) is 16.5 Å². The molecule has 0 saturated carbocycles. The first kappa shape index (κ1) is 19.3. The lowest BCUT2D eigenvalue weighted by Crippen LogP contribution is -2.38. The maximum absolute atomic E-state index is 13.4. The highest BCUT2D eigenvalue weighted by Gasteiger charge is 2.45. The van der Waals surface area contributed by atoms with Crippen molar-refractivity contribution < 1.29 is 22.7 Å². The van der Waals surface area contributed by atoms with Crippen molar-refractivity contribution in [1.82, 2.24) is 4.31 Å². The van der Waals surface area contributed by atoms with Gasteiger partial charge in [-0.25, -0.2) is 17.6 Å². The molecule has 1 aliphatic rings. The maximum Gasteiger partial charge on any atom is 0.333 e. The molecule has 0 aromatic heterocycles. The molecule has 2 aromatic rings. The molecule has 0 radical (unpaired) electrons. The first-order valence-electron chi connectivity index (χ1n) is 8.56. The minimum Gasteiger partial charge on any atom is -0.478 e. The van der Waals surface area contributed by atoms with E-state index in [-0.39, 0.29) is 10.5 Å². The highest BCUT2D eigenvalue weighted by molar-refractivity contribution is 7.89. The van der Waals surface area contributed by atoms with Crippen molar-refractivity contribution in [2.24, 2.45) is 0 Å². The van der Waals surface area contributed by atoms with Crippen molar-refractivity contribution in [3.05, 3.63) is 77.1 Å². The van der Waals surface area contributed by atoms with Crippen LogP contribution in [0.25, 0.3) is 0 Å². The summed E-state index contributed by atoms with van der Waals surface area (Å²) in [5, 5.41) is 9.64. The second-order valence-electron chi connectivity index (χ2n) is 6.50. The number of rotatable bonds is 5. The minimum absolute atomic E-state index is 0.0239. The van der Waals surface area contributed by atoms with Crippen LogP contribution in [0.4, 0.5) is 4.39 Å². The molecule has 1 N–H and O–H groups in total. The molecule has 0 saturated heterocycles. The summed E-state index contributed by atoms with van der Waals surface area (Å²) in [4.78, 5) is 11.9. The normalized spacial score (nSPS) is 20.5. The lowest BCUT2D eigenvalue weighted by molar-refractivity contribution is -0.133. The Kier molecular flexibility index (Phi) is 5.17. The quantitative estimate of drug-likeness (QED) is 0.847. The predicted octanol–water partition coefficient (Wildman–Crippen LogP) is 3.67. The van der Waals surface area contributed by atoms with Crippen LogP contribution in [0.15, 0.2) is 65.1 Å². The van der Waals surface area contributed by atoms with Gasteiger partial charge in [-0.3, -0.25) is 0 Å². The Bertz CT molecular complexity index is 982. The molecule has 3 rings (SSSR count). The van der Waals surface area contributed by atoms with Crippen LogP contribution in [-0.4, -0.2) is 29.8 Å².